The zero-order valence-corrected chi connectivity index (χ0v) is 22.1. The fraction of sp³-hybridized carbons (Fsp3) is 0.320. The highest BCUT2D eigenvalue weighted by atomic mass is 127. The third-order valence-corrected chi connectivity index (χ3v) is 6.75. The first-order chi connectivity index (χ1) is 17.4. The summed E-state index contributed by atoms with van der Waals surface area (Å²) in [6.07, 6.45) is -1.56. The number of hydrogen-bond donors (Lipinski definition) is 2. The second-order valence-corrected chi connectivity index (χ2v) is 10.2. The summed E-state index contributed by atoms with van der Waals surface area (Å²) in [5.74, 6) is -1.24. The molecule has 1 aromatic heterocycles. The van der Waals surface area contributed by atoms with Gasteiger partial charge >= 0.3 is 12.1 Å². The van der Waals surface area contributed by atoms with E-state index < -0.39 is 24.3 Å². The third kappa shape index (κ3) is 6.42. The number of nitrogens with one attached hydrogen (secondary N) is 1. The topological polar surface area (TPSA) is 96.7 Å². The van der Waals surface area contributed by atoms with Gasteiger partial charge in [-0.1, -0.05) is 0 Å². The largest absolute Gasteiger partial charge is 0.482 e. The maximum absolute atomic E-state index is 13.3. The van der Waals surface area contributed by atoms with Gasteiger partial charge in [-0.05, 0) is 83.5 Å². The number of carbonyl (C=O) groups is 1. The van der Waals surface area contributed by atoms with Gasteiger partial charge in [0, 0.05) is 41.3 Å². The summed E-state index contributed by atoms with van der Waals surface area (Å²) in [5.41, 5.74) is 3.28. The van der Waals surface area contributed by atoms with Gasteiger partial charge in [-0.25, -0.2) is 4.98 Å². The van der Waals surface area contributed by atoms with E-state index in [1.807, 2.05) is 48.6 Å². The fourth-order valence-electron chi connectivity index (χ4n) is 4.14. The third-order valence-electron chi connectivity index (χ3n) is 6.08. The van der Waals surface area contributed by atoms with E-state index in [9.17, 15) is 22.8 Å². The summed E-state index contributed by atoms with van der Waals surface area (Å²) in [5, 5.41) is 11.9. The predicted octanol–water partition coefficient (Wildman–Crippen LogP) is 4.66. The van der Waals surface area contributed by atoms with Gasteiger partial charge in [0.25, 0.3) is 5.56 Å². The van der Waals surface area contributed by atoms with Crippen LogP contribution in [0.1, 0.15) is 16.7 Å². The van der Waals surface area contributed by atoms with Crippen molar-refractivity contribution in [1.82, 2.24) is 14.5 Å². The van der Waals surface area contributed by atoms with Crippen LogP contribution in [0.2, 0.25) is 0 Å². The molecule has 0 amide bonds. The van der Waals surface area contributed by atoms with Crippen molar-refractivity contribution >= 4 is 40.1 Å². The van der Waals surface area contributed by atoms with Crippen LogP contribution in [0.15, 0.2) is 47.5 Å². The highest BCUT2D eigenvalue weighted by molar-refractivity contribution is 14.1. The van der Waals surface area contributed by atoms with Gasteiger partial charge in [0.2, 0.25) is 0 Å². The van der Waals surface area contributed by atoms with E-state index >= 15 is 0 Å². The lowest BCUT2D eigenvalue weighted by atomic mass is 9.96. The van der Waals surface area contributed by atoms with Crippen LogP contribution < -0.4 is 15.6 Å². The number of aromatic nitrogens is 2. The van der Waals surface area contributed by atoms with E-state index in [0.29, 0.717) is 28.9 Å². The Morgan fingerprint density at radius 2 is 1.89 bits per heavy atom. The van der Waals surface area contributed by atoms with Gasteiger partial charge in [-0.2, -0.15) is 13.2 Å². The molecule has 0 atom stereocenters. The molecular weight excluding hydrogens is 604 g/mol. The minimum Gasteiger partial charge on any atom is -0.482 e. The number of aryl methyl sites for hydroxylation is 2. The molecule has 196 valence electrons. The Morgan fingerprint density at radius 3 is 2.51 bits per heavy atom. The maximum Gasteiger partial charge on any atom is 0.422 e. The number of rotatable bonds is 8. The quantitative estimate of drug-likeness (QED) is 0.351. The molecule has 0 aliphatic carbocycles. The molecule has 4 rings (SSSR count). The number of hydrogen-bond acceptors (Lipinski definition) is 6. The van der Waals surface area contributed by atoms with Crippen LogP contribution >= 0.6 is 22.6 Å². The van der Waals surface area contributed by atoms with Gasteiger partial charge < -0.3 is 15.2 Å². The number of benzene rings is 2. The number of nitrogens with zero attached hydrogens (tertiary/aromatic N) is 3. The average molecular weight is 628 g/mol. The summed E-state index contributed by atoms with van der Waals surface area (Å²) >= 11 is 1.96. The molecule has 0 bridgehead atoms. The summed E-state index contributed by atoms with van der Waals surface area (Å²) in [6, 6.07) is 8.38. The lowest BCUT2D eigenvalue weighted by Gasteiger charge is -2.37. The number of alkyl halides is 3. The molecule has 0 unspecified atom stereocenters. The normalized spacial score (nSPS) is 14.3. The summed E-state index contributed by atoms with van der Waals surface area (Å²) in [7, 11) is 0. The molecule has 2 heterocycles. The molecule has 37 heavy (non-hydrogen) atoms. The first-order valence-corrected chi connectivity index (χ1v) is 12.4. The Hall–Kier alpha value is -3.13. The van der Waals surface area contributed by atoms with E-state index in [-0.39, 0.29) is 23.2 Å². The Labute approximate surface area is 224 Å². The Balaban J connectivity index is 1.58. The van der Waals surface area contributed by atoms with Gasteiger partial charge in [0.15, 0.2) is 12.4 Å². The smallest absolute Gasteiger partial charge is 0.422 e. The molecule has 0 spiro atoms. The van der Waals surface area contributed by atoms with Crippen LogP contribution in [0.3, 0.4) is 0 Å². The van der Waals surface area contributed by atoms with E-state index in [0.717, 1.165) is 16.7 Å². The van der Waals surface area contributed by atoms with Crippen molar-refractivity contribution in [2.45, 2.75) is 26.6 Å². The van der Waals surface area contributed by atoms with Crippen molar-refractivity contribution in [2.75, 3.05) is 25.0 Å². The summed E-state index contributed by atoms with van der Waals surface area (Å²) < 4.78 is 45.1. The van der Waals surface area contributed by atoms with E-state index in [1.54, 1.807) is 6.07 Å². The SMILES string of the molecule is Cc1cc(-n2ccnc(Nc3ccc(I)cc3OCC(F)(F)F)c2=O)cc(C)c1CN1CC(C(=O)O)C1. The fourth-order valence-corrected chi connectivity index (χ4v) is 4.61. The van der Waals surface area contributed by atoms with Crippen molar-refractivity contribution < 1.29 is 27.8 Å². The van der Waals surface area contributed by atoms with Crippen LogP contribution in [0.4, 0.5) is 24.7 Å². The Kier molecular flexibility index (Phi) is 7.78. The van der Waals surface area contributed by atoms with Crippen molar-refractivity contribution in [3.05, 3.63) is 73.3 Å². The lowest BCUT2D eigenvalue weighted by Crippen LogP contribution is -2.49. The Bertz CT molecular complexity index is 1360. The van der Waals surface area contributed by atoms with Crippen molar-refractivity contribution in [3.8, 4) is 11.4 Å². The number of likely N-dealkylation sites (tertiary alicyclic amines) is 1. The van der Waals surface area contributed by atoms with Crippen LogP contribution in [0.25, 0.3) is 5.69 Å². The summed E-state index contributed by atoms with van der Waals surface area (Å²) in [6.45, 7) is 4.02. The van der Waals surface area contributed by atoms with E-state index in [1.165, 1.54) is 29.1 Å². The summed E-state index contributed by atoms with van der Waals surface area (Å²) in [4.78, 5) is 30.5. The molecule has 2 N–H and O–H groups in total. The minimum absolute atomic E-state index is 0.0481. The van der Waals surface area contributed by atoms with Gasteiger partial charge in [-0.15, -0.1) is 0 Å². The lowest BCUT2D eigenvalue weighted by molar-refractivity contribution is -0.153. The van der Waals surface area contributed by atoms with E-state index in [2.05, 4.69) is 15.2 Å². The Morgan fingerprint density at radius 1 is 1.22 bits per heavy atom. The van der Waals surface area contributed by atoms with Gasteiger partial charge in [-0.3, -0.25) is 19.1 Å². The molecule has 1 aliphatic heterocycles. The molecular formula is C25H24F3IN4O4. The number of carboxylic acids is 1. The second kappa shape index (κ2) is 10.7. The van der Waals surface area contributed by atoms with Crippen LogP contribution in [-0.4, -0.2) is 51.4 Å². The van der Waals surface area contributed by atoms with Crippen LogP contribution in [0, 0.1) is 23.3 Å². The predicted molar refractivity (Wildman–Crippen MR) is 140 cm³/mol. The average Bonchev–Trinajstić information content (AvgIpc) is 2.77. The van der Waals surface area contributed by atoms with Crippen molar-refractivity contribution in [1.29, 1.82) is 0 Å². The molecule has 12 heteroatoms. The zero-order valence-electron chi connectivity index (χ0n) is 20.0. The molecule has 1 saturated heterocycles. The molecule has 3 aromatic rings. The van der Waals surface area contributed by atoms with Gasteiger partial charge in [0.1, 0.15) is 5.75 Å². The van der Waals surface area contributed by atoms with Crippen molar-refractivity contribution in [3.63, 3.8) is 0 Å². The monoisotopic (exact) mass is 628 g/mol. The first-order valence-electron chi connectivity index (χ1n) is 11.3. The maximum atomic E-state index is 13.3. The number of carboxylic acid groups (broad SMARTS) is 1. The highest BCUT2D eigenvalue weighted by Gasteiger charge is 2.32. The molecule has 8 nitrogen and oxygen atoms in total. The van der Waals surface area contributed by atoms with E-state index in [4.69, 9.17) is 9.84 Å². The molecule has 1 aliphatic rings. The molecule has 1 fully saturated rings. The number of halogens is 4. The number of ether oxygens (including phenoxy) is 1. The standard InChI is InChI=1S/C25H24F3IN4O4/c1-14-7-18(8-15(2)19(14)12-32-10-16(11-32)24(35)36)33-6-5-30-22(23(33)34)31-20-4-3-17(29)9-21(20)37-13-25(26,27)28/h3-9,16H,10-13H2,1-2H3,(H,30,31)(H,35,36). The van der Waals surface area contributed by atoms with Crippen LogP contribution in [-0.2, 0) is 11.3 Å². The molecule has 0 saturated carbocycles. The number of aliphatic carboxylic acids is 1. The second-order valence-electron chi connectivity index (χ2n) is 8.91. The number of anilines is 2. The van der Waals surface area contributed by atoms with Crippen LogP contribution in [0.5, 0.6) is 5.75 Å². The highest BCUT2D eigenvalue weighted by Crippen LogP contribution is 2.30. The van der Waals surface area contributed by atoms with Crippen molar-refractivity contribution in [2.24, 2.45) is 5.92 Å². The minimum atomic E-state index is -4.51. The zero-order chi connectivity index (χ0) is 26.9. The molecule has 2 aromatic carbocycles. The molecule has 0 radical (unpaired) electrons. The first kappa shape index (κ1) is 26.9. The van der Waals surface area contributed by atoms with Gasteiger partial charge in [0.05, 0.1) is 11.6 Å².